The van der Waals surface area contributed by atoms with Crippen LogP contribution in [0.5, 0.6) is 0 Å². The van der Waals surface area contributed by atoms with Gasteiger partial charge in [-0.25, -0.2) is 4.79 Å². The molecule has 0 aromatic heterocycles. The summed E-state index contributed by atoms with van der Waals surface area (Å²) in [5, 5.41) is 2.42. The van der Waals surface area contributed by atoms with E-state index in [1.807, 2.05) is 0 Å². The maximum atomic E-state index is 10.7. The van der Waals surface area contributed by atoms with Crippen molar-refractivity contribution in [2.75, 3.05) is 5.32 Å². The van der Waals surface area contributed by atoms with Gasteiger partial charge in [-0.3, -0.25) is 4.79 Å². The van der Waals surface area contributed by atoms with Gasteiger partial charge in [0.15, 0.2) is 0 Å². The van der Waals surface area contributed by atoms with Gasteiger partial charge in [0, 0.05) is 23.7 Å². The van der Waals surface area contributed by atoms with Gasteiger partial charge in [0.2, 0.25) is 0 Å². The molecule has 4 nitrogen and oxygen atoms in total. The smallest absolute Gasteiger partial charge is 0.305 e. The van der Waals surface area contributed by atoms with Crippen molar-refractivity contribution in [3.05, 3.63) is 29.8 Å². The summed E-state index contributed by atoms with van der Waals surface area (Å²) < 4.78 is 2.99. The molecule has 2 amide bonds. The Hall–Kier alpha value is -1.62. The maximum absolute atomic E-state index is 10.7. The average Bonchev–Trinajstić information content (AvgIpc) is 2.19. The zero-order chi connectivity index (χ0) is 9.68. The third-order valence-corrected chi connectivity index (χ3v) is 1.55. The summed E-state index contributed by atoms with van der Waals surface area (Å²) in [6, 6.07) is 5.79. The number of amides is 2. The average molecular weight is 194 g/mol. The largest absolute Gasteiger partial charge is 0.356 e. The number of urea groups is 1. The molecular weight excluding hydrogens is 188 g/mol. The van der Waals surface area contributed by atoms with E-state index in [1.54, 1.807) is 24.3 Å². The van der Waals surface area contributed by atoms with Gasteiger partial charge in [-0.05, 0) is 24.3 Å². The summed E-state index contributed by atoms with van der Waals surface area (Å²) in [7, 11) is 0. The second-order valence-corrected chi connectivity index (χ2v) is 2.44. The zero-order valence-electron chi connectivity index (χ0n) is 6.56. The highest BCUT2D eigenvalue weighted by Crippen LogP contribution is 2.08. The van der Waals surface area contributed by atoms with Crippen molar-refractivity contribution >= 4 is 30.4 Å². The summed E-state index contributed by atoms with van der Waals surface area (Å²) in [5.41, 5.74) is 1.11. The Morgan fingerprint density at radius 2 is 2.00 bits per heavy atom. The molecule has 0 atom stereocenters. The first-order valence-corrected chi connectivity index (χ1v) is 3.82. The first kappa shape index (κ1) is 9.47. The summed E-state index contributed by atoms with van der Waals surface area (Å²) >= 11 is 4.18. The van der Waals surface area contributed by atoms with Gasteiger partial charge in [-0.15, -0.1) is 4.36 Å². The second kappa shape index (κ2) is 4.42. The van der Waals surface area contributed by atoms with Crippen molar-refractivity contribution in [1.29, 1.82) is 0 Å². The summed E-state index contributed by atoms with van der Waals surface area (Å²) in [6.07, 6.45) is 0.725. The Bertz CT molecular complexity index is 335. The van der Waals surface area contributed by atoms with E-state index in [0.717, 1.165) is 6.29 Å². The number of carbonyl (C=O) groups is 2. The summed E-state index contributed by atoms with van der Waals surface area (Å²) in [5.74, 6) is 0. The third-order valence-electron chi connectivity index (χ3n) is 1.38. The van der Waals surface area contributed by atoms with Crippen molar-refractivity contribution in [2.45, 2.75) is 0 Å². The number of hydrogen-bond donors (Lipinski definition) is 1. The van der Waals surface area contributed by atoms with Crippen LogP contribution >= 0.6 is 0 Å². The molecule has 0 aliphatic carbocycles. The molecule has 0 spiro atoms. The molecule has 0 fully saturated rings. The van der Waals surface area contributed by atoms with Gasteiger partial charge in [0.05, 0.1) is 0 Å². The fraction of sp³-hybridized carbons (Fsp3) is 0. The molecule has 0 saturated carbocycles. The van der Waals surface area contributed by atoms with Gasteiger partial charge in [-0.2, -0.15) is 0 Å². The third kappa shape index (κ3) is 2.72. The van der Waals surface area contributed by atoms with Crippen LogP contribution in [0.25, 0.3) is 0 Å². The molecule has 1 aromatic carbocycles. The Kier molecular flexibility index (Phi) is 3.22. The first-order chi connectivity index (χ1) is 6.26. The number of rotatable bonds is 2. The highest BCUT2D eigenvalue weighted by atomic mass is 32.1. The molecule has 0 heterocycles. The normalized spacial score (nSPS) is 8.92. The number of anilines is 1. The zero-order valence-corrected chi connectivity index (χ0v) is 7.38. The van der Waals surface area contributed by atoms with Gasteiger partial charge in [-0.1, -0.05) is 0 Å². The lowest BCUT2D eigenvalue weighted by Crippen LogP contribution is -2.04. The Morgan fingerprint density at radius 3 is 2.46 bits per heavy atom. The summed E-state index contributed by atoms with van der Waals surface area (Å²) in [6.45, 7) is 0. The number of carbonyl (C=O) groups excluding carboxylic acids is 2. The first-order valence-electron chi connectivity index (χ1n) is 3.46. The molecule has 1 aromatic rings. The molecule has 66 valence electrons. The van der Waals surface area contributed by atoms with Crippen LogP contribution in [0.15, 0.2) is 28.6 Å². The van der Waals surface area contributed by atoms with Crippen LogP contribution in [-0.2, 0) is 12.4 Å². The van der Waals surface area contributed by atoms with Crippen LogP contribution in [0.1, 0.15) is 10.4 Å². The number of nitrogens with one attached hydrogen (secondary N) is 1. The van der Waals surface area contributed by atoms with Gasteiger partial charge in [0.1, 0.15) is 6.29 Å². The van der Waals surface area contributed by atoms with Crippen LogP contribution in [-0.4, -0.2) is 12.3 Å². The molecule has 0 aliphatic heterocycles. The van der Waals surface area contributed by atoms with E-state index in [-0.39, 0.29) is 0 Å². The molecule has 0 unspecified atom stereocenters. The van der Waals surface area contributed by atoms with Crippen LogP contribution in [0.2, 0.25) is 0 Å². The monoisotopic (exact) mass is 194 g/mol. The number of hydrogen-bond acceptors (Lipinski definition) is 3. The number of nitrogens with zero attached hydrogens (tertiary/aromatic N) is 1. The van der Waals surface area contributed by atoms with Crippen molar-refractivity contribution in [3.63, 3.8) is 0 Å². The van der Waals surface area contributed by atoms with Crippen molar-refractivity contribution in [3.8, 4) is 0 Å². The van der Waals surface area contributed by atoms with Crippen LogP contribution in [0.3, 0.4) is 0 Å². The van der Waals surface area contributed by atoms with Gasteiger partial charge < -0.3 is 5.32 Å². The minimum Gasteiger partial charge on any atom is -0.305 e. The SMILES string of the molecule is O=Cc1ccc(NC(=O)N=S)cc1. The minimum atomic E-state index is -0.589. The van der Waals surface area contributed by atoms with E-state index in [9.17, 15) is 9.59 Å². The molecule has 13 heavy (non-hydrogen) atoms. The standard InChI is InChI=1S/C8H6N2O2S/c11-5-6-1-3-7(4-2-6)9-8(12)10-13/h1-5H,(H,9,12). The fourth-order valence-corrected chi connectivity index (χ4v) is 0.837. The van der Waals surface area contributed by atoms with E-state index in [4.69, 9.17) is 0 Å². The molecule has 5 heteroatoms. The molecule has 0 radical (unpaired) electrons. The topological polar surface area (TPSA) is 58.5 Å². The Morgan fingerprint density at radius 1 is 1.38 bits per heavy atom. The predicted octanol–water partition coefficient (Wildman–Crippen LogP) is 1.76. The van der Waals surface area contributed by atoms with Crippen molar-refractivity contribution in [1.82, 2.24) is 0 Å². The van der Waals surface area contributed by atoms with Crippen LogP contribution in [0.4, 0.5) is 10.5 Å². The lowest BCUT2D eigenvalue weighted by atomic mass is 10.2. The van der Waals surface area contributed by atoms with E-state index in [2.05, 4.69) is 22.1 Å². The molecule has 0 aliphatic rings. The maximum Gasteiger partial charge on any atom is 0.356 e. The summed E-state index contributed by atoms with van der Waals surface area (Å²) in [4.78, 5) is 21.0. The lowest BCUT2D eigenvalue weighted by Gasteiger charge is -1.99. The second-order valence-electron chi connectivity index (χ2n) is 2.26. The fourth-order valence-electron chi connectivity index (χ4n) is 0.791. The van der Waals surface area contributed by atoms with Gasteiger partial charge >= 0.3 is 6.03 Å². The van der Waals surface area contributed by atoms with E-state index in [1.165, 1.54) is 0 Å². The lowest BCUT2D eigenvalue weighted by molar-refractivity contribution is 0.112. The Balaban J connectivity index is 2.74. The van der Waals surface area contributed by atoms with E-state index >= 15 is 0 Å². The number of aldehydes is 1. The van der Waals surface area contributed by atoms with Crippen molar-refractivity contribution in [2.24, 2.45) is 4.36 Å². The van der Waals surface area contributed by atoms with E-state index in [0.29, 0.717) is 11.3 Å². The van der Waals surface area contributed by atoms with Crippen LogP contribution in [0, 0.1) is 0 Å². The van der Waals surface area contributed by atoms with E-state index < -0.39 is 6.03 Å². The quantitative estimate of drug-likeness (QED) is 0.730. The number of benzene rings is 1. The molecule has 0 saturated heterocycles. The molecule has 1 rings (SSSR count). The molecule has 1 N–H and O–H groups in total. The highest BCUT2D eigenvalue weighted by molar-refractivity contribution is 7.47. The highest BCUT2D eigenvalue weighted by Gasteiger charge is 1.97. The molecule has 0 bridgehead atoms. The Labute approximate surface area is 80.1 Å². The van der Waals surface area contributed by atoms with Crippen LogP contribution < -0.4 is 5.32 Å². The predicted molar refractivity (Wildman–Crippen MR) is 50.6 cm³/mol. The minimum absolute atomic E-state index is 0.549. The van der Waals surface area contributed by atoms with Gasteiger partial charge in [0.25, 0.3) is 0 Å². The molecular formula is C8H6N2O2S. The van der Waals surface area contributed by atoms with Crippen molar-refractivity contribution < 1.29 is 9.59 Å².